The second-order valence-corrected chi connectivity index (χ2v) is 7.67. The summed E-state index contributed by atoms with van der Waals surface area (Å²) in [5.74, 6) is -0.241. The van der Waals surface area contributed by atoms with E-state index in [-0.39, 0.29) is 18.6 Å². The standard InChI is InChI=1S/C22H22ClN3O3/c1-13-15(9-14-4-5-20(23)25-11-14)10-17(21-16(13)3-2-7-24-21)22(28)26-18-6-8-29-12-19(18)27/h2-5,7,10-11,18-19,27H,6,8-9,12H2,1H3,(H,26,28)/t18-,19-/m0/s1. The maximum Gasteiger partial charge on any atom is 0.253 e. The first kappa shape index (κ1) is 19.8. The number of fused-ring (bicyclic) bond motifs is 1. The lowest BCUT2D eigenvalue weighted by molar-refractivity contribution is -0.0260. The van der Waals surface area contributed by atoms with Gasteiger partial charge in [-0.3, -0.25) is 9.78 Å². The first-order chi connectivity index (χ1) is 14.0. The van der Waals surface area contributed by atoms with Gasteiger partial charge in [0, 0.05) is 24.4 Å². The highest BCUT2D eigenvalue weighted by Crippen LogP contribution is 2.26. The lowest BCUT2D eigenvalue weighted by Gasteiger charge is -2.28. The van der Waals surface area contributed by atoms with Gasteiger partial charge in [-0.05, 0) is 54.7 Å². The number of aromatic nitrogens is 2. The van der Waals surface area contributed by atoms with Crippen molar-refractivity contribution in [1.82, 2.24) is 15.3 Å². The zero-order valence-corrected chi connectivity index (χ0v) is 16.8. The Balaban J connectivity index is 1.71. The molecule has 2 N–H and O–H groups in total. The summed E-state index contributed by atoms with van der Waals surface area (Å²) in [6.45, 7) is 2.78. The minimum atomic E-state index is -0.711. The third kappa shape index (κ3) is 4.24. The minimum absolute atomic E-state index is 0.229. The van der Waals surface area contributed by atoms with E-state index in [0.29, 0.717) is 35.7 Å². The second-order valence-electron chi connectivity index (χ2n) is 7.28. The Morgan fingerprint density at radius 1 is 1.34 bits per heavy atom. The number of rotatable bonds is 4. The molecular weight excluding hydrogens is 390 g/mol. The number of hydrogen-bond acceptors (Lipinski definition) is 5. The van der Waals surface area contributed by atoms with Crippen LogP contribution in [-0.2, 0) is 11.2 Å². The molecule has 7 heteroatoms. The van der Waals surface area contributed by atoms with Crippen LogP contribution in [0.4, 0.5) is 0 Å². The third-order valence-electron chi connectivity index (χ3n) is 5.34. The van der Waals surface area contributed by atoms with Crippen molar-refractivity contribution < 1.29 is 14.6 Å². The highest BCUT2D eigenvalue weighted by molar-refractivity contribution is 6.29. The van der Waals surface area contributed by atoms with E-state index in [1.165, 1.54) is 0 Å². The van der Waals surface area contributed by atoms with E-state index in [4.69, 9.17) is 16.3 Å². The zero-order chi connectivity index (χ0) is 20.4. The number of pyridine rings is 2. The number of halogens is 1. The average Bonchev–Trinajstić information content (AvgIpc) is 2.73. The predicted octanol–water partition coefficient (Wildman–Crippen LogP) is 3.06. The van der Waals surface area contributed by atoms with Crippen LogP contribution in [-0.4, -0.2) is 46.3 Å². The van der Waals surface area contributed by atoms with Crippen molar-refractivity contribution in [2.75, 3.05) is 13.2 Å². The predicted molar refractivity (Wildman–Crippen MR) is 111 cm³/mol. The van der Waals surface area contributed by atoms with Crippen LogP contribution in [0.3, 0.4) is 0 Å². The molecule has 2 atom stereocenters. The highest BCUT2D eigenvalue weighted by Gasteiger charge is 2.26. The van der Waals surface area contributed by atoms with Gasteiger partial charge in [-0.15, -0.1) is 0 Å². The molecule has 3 aromatic rings. The molecule has 0 aliphatic carbocycles. The monoisotopic (exact) mass is 411 g/mol. The Morgan fingerprint density at radius 3 is 2.97 bits per heavy atom. The fourth-order valence-corrected chi connectivity index (χ4v) is 3.78. The van der Waals surface area contributed by atoms with E-state index in [1.807, 2.05) is 31.2 Å². The molecule has 0 unspecified atom stereocenters. The Bertz CT molecular complexity index is 1040. The first-order valence-electron chi connectivity index (χ1n) is 9.57. The van der Waals surface area contributed by atoms with E-state index < -0.39 is 6.10 Å². The van der Waals surface area contributed by atoms with Crippen molar-refractivity contribution in [3.05, 3.63) is 70.1 Å². The Hall–Kier alpha value is -2.54. The first-order valence-corrected chi connectivity index (χ1v) is 9.95. The molecule has 1 aromatic carbocycles. The van der Waals surface area contributed by atoms with Gasteiger partial charge in [-0.1, -0.05) is 23.7 Å². The van der Waals surface area contributed by atoms with E-state index >= 15 is 0 Å². The fourth-order valence-electron chi connectivity index (χ4n) is 3.67. The van der Waals surface area contributed by atoms with Crippen LogP contribution in [0.2, 0.25) is 5.15 Å². The Morgan fingerprint density at radius 2 is 2.21 bits per heavy atom. The van der Waals surface area contributed by atoms with Gasteiger partial charge in [-0.25, -0.2) is 4.98 Å². The molecule has 3 heterocycles. The van der Waals surface area contributed by atoms with Gasteiger partial charge < -0.3 is 15.2 Å². The Labute approximate surface area is 173 Å². The summed E-state index contributed by atoms with van der Waals surface area (Å²) in [6.07, 6.45) is 3.92. The van der Waals surface area contributed by atoms with E-state index in [1.54, 1.807) is 18.5 Å². The average molecular weight is 412 g/mol. The van der Waals surface area contributed by atoms with Crippen LogP contribution >= 0.6 is 11.6 Å². The normalized spacial score (nSPS) is 19.3. The van der Waals surface area contributed by atoms with Crippen molar-refractivity contribution in [2.45, 2.75) is 31.9 Å². The number of amides is 1. The molecule has 1 amide bonds. The van der Waals surface area contributed by atoms with E-state index in [9.17, 15) is 9.90 Å². The van der Waals surface area contributed by atoms with Gasteiger partial charge in [0.25, 0.3) is 5.91 Å². The second kappa shape index (κ2) is 8.45. The molecule has 6 nitrogen and oxygen atoms in total. The Kier molecular flexibility index (Phi) is 5.76. The van der Waals surface area contributed by atoms with Gasteiger partial charge in [0.1, 0.15) is 5.15 Å². The lowest BCUT2D eigenvalue weighted by atomic mass is 9.94. The van der Waals surface area contributed by atoms with Crippen molar-refractivity contribution in [3.63, 3.8) is 0 Å². The number of benzene rings is 1. The fraction of sp³-hybridized carbons (Fsp3) is 0.318. The van der Waals surface area contributed by atoms with Gasteiger partial charge >= 0.3 is 0 Å². The van der Waals surface area contributed by atoms with E-state index in [0.717, 1.165) is 22.1 Å². The number of hydrogen-bond donors (Lipinski definition) is 2. The zero-order valence-electron chi connectivity index (χ0n) is 16.1. The van der Waals surface area contributed by atoms with Crippen molar-refractivity contribution in [1.29, 1.82) is 0 Å². The van der Waals surface area contributed by atoms with Crippen molar-refractivity contribution in [3.8, 4) is 0 Å². The summed E-state index contributed by atoms with van der Waals surface area (Å²) in [5.41, 5.74) is 4.26. The van der Waals surface area contributed by atoms with Gasteiger partial charge in [0.05, 0.1) is 29.8 Å². The molecule has 1 aliphatic heterocycles. The molecule has 150 valence electrons. The molecular formula is C22H22ClN3O3. The number of carbonyl (C=O) groups excluding carboxylic acids is 1. The molecule has 4 rings (SSSR count). The number of nitrogens with one attached hydrogen (secondary N) is 1. The number of carbonyl (C=O) groups is 1. The minimum Gasteiger partial charge on any atom is -0.389 e. The number of nitrogens with zero attached hydrogens (tertiary/aromatic N) is 2. The summed E-state index contributed by atoms with van der Waals surface area (Å²) >= 11 is 5.89. The van der Waals surface area contributed by atoms with Crippen molar-refractivity contribution >= 4 is 28.4 Å². The maximum atomic E-state index is 13.1. The van der Waals surface area contributed by atoms with Crippen LogP contribution in [0, 0.1) is 6.92 Å². The van der Waals surface area contributed by atoms with Crippen LogP contribution in [0.1, 0.15) is 33.5 Å². The summed E-state index contributed by atoms with van der Waals surface area (Å²) in [6, 6.07) is 9.09. The van der Waals surface area contributed by atoms with Gasteiger partial charge in [0.2, 0.25) is 0 Å². The quantitative estimate of drug-likeness (QED) is 0.644. The molecule has 2 aromatic heterocycles. The smallest absolute Gasteiger partial charge is 0.253 e. The maximum absolute atomic E-state index is 13.1. The molecule has 29 heavy (non-hydrogen) atoms. The molecule has 1 aliphatic rings. The summed E-state index contributed by atoms with van der Waals surface area (Å²) in [5, 5.41) is 14.5. The molecule has 0 spiro atoms. The third-order valence-corrected chi connectivity index (χ3v) is 5.56. The SMILES string of the molecule is Cc1c(Cc2ccc(Cl)nc2)cc(C(=O)N[C@H]2CCOC[C@@H]2O)c2ncccc12. The van der Waals surface area contributed by atoms with Gasteiger partial charge in [-0.2, -0.15) is 0 Å². The number of aryl methyl sites for hydroxylation is 1. The molecule has 0 saturated carbocycles. The van der Waals surface area contributed by atoms with Crippen LogP contribution in [0.15, 0.2) is 42.7 Å². The summed E-state index contributed by atoms with van der Waals surface area (Å²) in [4.78, 5) is 21.7. The largest absolute Gasteiger partial charge is 0.389 e. The number of ether oxygens (including phenoxy) is 1. The van der Waals surface area contributed by atoms with Crippen LogP contribution < -0.4 is 5.32 Å². The topological polar surface area (TPSA) is 84.3 Å². The lowest BCUT2D eigenvalue weighted by Crippen LogP contribution is -2.48. The molecule has 0 radical (unpaired) electrons. The molecule has 1 fully saturated rings. The van der Waals surface area contributed by atoms with E-state index in [2.05, 4.69) is 15.3 Å². The van der Waals surface area contributed by atoms with Crippen LogP contribution in [0.25, 0.3) is 10.9 Å². The summed E-state index contributed by atoms with van der Waals surface area (Å²) < 4.78 is 5.25. The van der Waals surface area contributed by atoms with Crippen molar-refractivity contribution in [2.24, 2.45) is 0 Å². The molecule has 0 bridgehead atoms. The van der Waals surface area contributed by atoms with Crippen LogP contribution in [0.5, 0.6) is 0 Å². The summed E-state index contributed by atoms with van der Waals surface area (Å²) in [7, 11) is 0. The number of aliphatic hydroxyl groups is 1. The molecule has 1 saturated heterocycles. The van der Waals surface area contributed by atoms with Gasteiger partial charge in [0.15, 0.2) is 0 Å². The number of aliphatic hydroxyl groups excluding tert-OH is 1. The highest BCUT2D eigenvalue weighted by atomic mass is 35.5.